The molecular weight excluding hydrogens is 354 g/mol. The quantitative estimate of drug-likeness (QED) is 0.547. The maximum atomic E-state index is 12.1. The van der Waals surface area contributed by atoms with Crippen molar-refractivity contribution in [3.63, 3.8) is 0 Å². The van der Waals surface area contributed by atoms with Crippen LogP contribution in [-0.4, -0.2) is 31.0 Å². The first-order chi connectivity index (χ1) is 13.5. The highest BCUT2D eigenvalue weighted by Gasteiger charge is 2.08. The molecule has 2 rings (SSSR count). The fraction of sp³-hybridized carbons (Fsp3) is 0.273. The van der Waals surface area contributed by atoms with Gasteiger partial charge in [0.2, 0.25) is 5.91 Å². The number of anilines is 2. The molecule has 0 saturated heterocycles. The fourth-order valence-electron chi connectivity index (χ4n) is 2.33. The van der Waals surface area contributed by atoms with Crippen molar-refractivity contribution < 1.29 is 14.3 Å². The van der Waals surface area contributed by atoms with Gasteiger partial charge in [-0.3, -0.25) is 9.59 Å². The van der Waals surface area contributed by atoms with Crippen LogP contribution < -0.4 is 20.7 Å². The van der Waals surface area contributed by atoms with Crippen LogP contribution in [0.3, 0.4) is 0 Å². The molecule has 1 atom stereocenters. The van der Waals surface area contributed by atoms with Crippen molar-refractivity contribution in [2.75, 3.05) is 23.8 Å². The third kappa shape index (κ3) is 6.79. The number of carbonyl (C=O) groups excluding carboxylic acids is 2. The summed E-state index contributed by atoms with van der Waals surface area (Å²) in [6, 6.07) is 14.3. The monoisotopic (exact) mass is 381 g/mol. The van der Waals surface area contributed by atoms with Gasteiger partial charge < -0.3 is 20.7 Å². The Hall–Kier alpha value is -3.28. The van der Waals surface area contributed by atoms with E-state index in [0.29, 0.717) is 23.6 Å². The molecule has 1 unspecified atom stereocenters. The summed E-state index contributed by atoms with van der Waals surface area (Å²) in [6.45, 7) is 8.14. The molecule has 0 heterocycles. The molecule has 0 aliphatic carbocycles. The minimum absolute atomic E-state index is 0.0980. The molecule has 0 aromatic heterocycles. The van der Waals surface area contributed by atoms with Gasteiger partial charge in [-0.05, 0) is 61.9 Å². The Labute approximate surface area is 166 Å². The highest BCUT2D eigenvalue weighted by Crippen LogP contribution is 2.16. The topological polar surface area (TPSA) is 79.5 Å². The van der Waals surface area contributed by atoms with Crippen LogP contribution in [0.25, 0.3) is 0 Å². The molecule has 148 valence electrons. The van der Waals surface area contributed by atoms with E-state index < -0.39 is 0 Å². The van der Waals surface area contributed by atoms with E-state index in [9.17, 15) is 9.59 Å². The molecule has 0 fully saturated rings. The van der Waals surface area contributed by atoms with Gasteiger partial charge in [0.05, 0.1) is 6.54 Å². The van der Waals surface area contributed by atoms with Gasteiger partial charge in [-0.2, -0.15) is 0 Å². The van der Waals surface area contributed by atoms with Gasteiger partial charge in [-0.1, -0.05) is 19.6 Å². The molecule has 6 heteroatoms. The Morgan fingerprint density at radius 2 is 1.71 bits per heavy atom. The molecule has 0 bridgehead atoms. The Balaban J connectivity index is 1.80. The average Bonchev–Trinajstić information content (AvgIpc) is 2.72. The van der Waals surface area contributed by atoms with E-state index in [0.717, 1.165) is 12.1 Å². The first kappa shape index (κ1) is 21.0. The van der Waals surface area contributed by atoms with Crippen molar-refractivity contribution in [2.45, 2.75) is 26.3 Å². The van der Waals surface area contributed by atoms with Gasteiger partial charge in [-0.15, -0.1) is 0 Å². The van der Waals surface area contributed by atoms with Crippen LogP contribution >= 0.6 is 0 Å². The van der Waals surface area contributed by atoms with Crippen molar-refractivity contribution >= 4 is 23.2 Å². The second-order valence-electron chi connectivity index (χ2n) is 6.39. The van der Waals surface area contributed by atoms with Crippen molar-refractivity contribution in [3.05, 3.63) is 66.7 Å². The first-order valence-corrected chi connectivity index (χ1v) is 9.30. The Morgan fingerprint density at radius 3 is 2.32 bits per heavy atom. The zero-order valence-corrected chi connectivity index (χ0v) is 16.3. The van der Waals surface area contributed by atoms with Gasteiger partial charge in [0.25, 0.3) is 5.91 Å². The number of benzene rings is 2. The predicted octanol–water partition coefficient (Wildman–Crippen LogP) is 3.83. The minimum Gasteiger partial charge on any atom is -0.490 e. The van der Waals surface area contributed by atoms with Crippen molar-refractivity contribution in [2.24, 2.45) is 0 Å². The van der Waals surface area contributed by atoms with Crippen LogP contribution in [0.4, 0.5) is 11.4 Å². The van der Waals surface area contributed by atoms with Crippen molar-refractivity contribution in [1.29, 1.82) is 0 Å². The standard InChI is InChI=1S/C22H27N3O3/c1-4-14-28-20-12-10-19(11-13-20)25-21(26)15-23-18-8-6-17(7-9-18)22(27)24-16(3)5-2/h4,6-13,16,23H,1,5,14-15H2,2-3H3,(H,24,27)(H,25,26). The molecule has 0 aliphatic rings. The Morgan fingerprint density at radius 1 is 1.07 bits per heavy atom. The molecule has 0 spiro atoms. The number of carbonyl (C=O) groups is 2. The third-order valence-corrected chi connectivity index (χ3v) is 4.10. The molecule has 2 aromatic rings. The lowest BCUT2D eigenvalue weighted by Gasteiger charge is -2.12. The number of ether oxygens (including phenoxy) is 1. The molecule has 2 amide bonds. The molecule has 0 aliphatic heterocycles. The van der Waals surface area contributed by atoms with Gasteiger partial charge >= 0.3 is 0 Å². The second-order valence-corrected chi connectivity index (χ2v) is 6.39. The maximum absolute atomic E-state index is 12.1. The van der Waals surface area contributed by atoms with E-state index in [2.05, 4.69) is 22.5 Å². The van der Waals surface area contributed by atoms with E-state index in [-0.39, 0.29) is 24.4 Å². The number of hydrogen-bond acceptors (Lipinski definition) is 4. The Kier molecular flexibility index (Phi) is 8.09. The van der Waals surface area contributed by atoms with Crippen LogP contribution in [0.2, 0.25) is 0 Å². The zero-order valence-electron chi connectivity index (χ0n) is 16.3. The minimum atomic E-state index is -0.168. The van der Waals surface area contributed by atoms with Crippen LogP contribution in [0.1, 0.15) is 30.6 Å². The number of amides is 2. The van der Waals surface area contributed by atoms with E-state index in [1.54, 1.807) is 54.6 Å². The average molecular weight is 381 g/mol. The lowest BCUT2D eigenvalue weighted by atomic mass is 10.1. The molecule has 2 aromatic carbocycles. The maximum Gasteiger partial charge on any atom is 0.251 e. The molecule has 0 saturated carbocycles. The summed E-state index contributed by atoms with van der Waals surface area (Å²) in [6.07, 6.45) is 2.55. The van der Waals surface area contributed by atoms with E-state index in [1.165, 1.54) is 0 Å². The molecule has 0 radical (unpaired) electrons. The number of hydrogen-bond donors (Lipinski definition) is 3. The van der Waals surface area contributed by atoms with Crippen LogP contribution in [0.15, 0.2) is 61.2 Å². The van der Waals surface area contributed by atoms with E-state index in [4.69, 9.17) is 4.74 Å². The predicted molar refractivity (Wildman–Crippen MR) is 113 cm³/mol. The fourth-order valence-corrected chi connectivity index (χ4v) is 2.33. The van der Waals surface area contributed by atoms with Crippen LogP contribution in [-0.2, 0) is 4.79 Å². The Bertz CT molecular complexity index is 786. The van der Waals surface area contributed by atoms with Gasteiger partial charge in [0.1, 0.15) is 12.4 Å². The second kappa shape index (κ2) is 10.8. The van der Waals surface area contributed by atoms with Crippen molar-refractivity contribution in [3.8, 4) is 5.75 Å². The number of nitrogens with one attached hydrogen (secondary N) is 3. The first-order valence-electron chi connectivity index (χ1n) is 9.30. The lowest BCUT2D eigenvalue weighted by Crippen LogP contribution is -2.31. The summed E-state index contributed by atoms with van der Waals surface area (Å²) in [5, 5.41) is 8.78. The summed E-state index contributed by atoms with van der Waals surface area (Å²) >= 11 is 0. The summed E-state index contributed by atoms with van der Waals surface area (Å²) in [5.74, 6) is 0.450. The van der Waals surface area contributed by atoms with Crippen LogP contribution in [0.5, 0.6) is 5.75 Å². The largest absolute Gasteiger partial charge is 0.490 e. The van der Waals surface area contributed by atoms with Gasteiger partial charge in [-0.25, -0.2) is 0 Å². The number of rotatable bonds is 10. The summed E-state index contributed by atoms with van der Waals surface area (Å²) in [7, 11) is 0. The summed E-state index contributed by atoms with van der Waals surface area (Å²) in [5.41, 5.74) is 2.05. The summed E-state index contributed by atoms with van der Waals surface area (Å²) < 4.78 is 5.40. The lowest BCUT2D eigenvalue weighted by molar-refractivity contribution is -0.114. The molecular formula is C22H27N3O3. The van der Waals surface area contributed by atoms with E-state index in [1.807, 2.05) is 13.8 Å². The van der Waals surface area contributed by atoms with E-state index >= 15 is 0 Å². The SMILES string of the molecule is C=CCOc1ccc(NC(=O)CNc2ccc(C(=O)NC(C)CC)cc2)cc1. The smallest absolute Gasteiger partial charge is 0.251 e. The zero-order chi connectivity index (χ0) is 20.4. The highest BCUT2D eigenvalue weighted by molar-refractivity contribution is 5.95. The van der Waals surface area contributed by atoms with Gasteiger partial charge in [0, 0.05) is 23.0 Å². The summed E-state index contributed by atoms with van der Waals surface area (Å²) in [4.78, 5) is 24.2. The highest BCUT2D eigenvalue weighted by atomic mass is 16.5. The third-order valence-electron chi connectivity index (χ3n) is 4.10. The normalized spacial score (nSPS) is 11.2. The van der Waals surface area contributed by atoms with Crippen LogP contribution in [0, 0.1) is 0 Å². The molecule has 3 N–H and O–H groups in total. The van der Waals surface area contributed by atoms with Crippen molar-refractivity contribution in [1.82, 2.24) is 5.32 Å². The molecule has 6 nitrogen and oxygen atoms in total. The molecule has 28 heavy (non-hydrogen) atoms. The van der Waals surface area contributed by atoms with Gasteiger partial charge in [0.15, 0.2) is 0 Å².